The lowest BCUT2D eigenvalue weighted by Gasteiger charge is -2.15. The lowest BCUT2D eigenvalue weighted by molar-refractivity contribution is 0.0655. The largest absolute Gasteiger partial charge is 0.378 e. The van der Waals surface area contributed by atoms with E-state index in [1.807, 2.05) is 56.3 Å². The van der Waals surface area contributed by atoms with Crippen LogP contribution in [0.25, 0.3) is 10.9 Å². The molecule has 2 heterocycles. The number of carbonyl (C=O) groups is 3. The van der Waals surface area contributed by atoms with E-state index < -0.39 is 0 Å². The summed E-state index contributed by atoms with van der Waals surface area (Å²) in [5.74, 6) is -0.639. The Morgan fingerprint density at radius 1 is 0.853 bits per heavy atom. The van der Waals surface area contributed by atoms with Gasteiger partial charge in [0, 0.05) is 43.0 Å². The van der Waals surface area contributed by atoms with Crippen LogP contribution in [0.3, 0.4) is 0 Å². The summed E-state index contributed by atoms with van der Waals surface area (Å²) in [4.78, 5) is 42.5. The third-order valence-corrected chi connectivity index (χ3v) is 6.52. The molecule has 1 aliphatic heterocycles. The maximum atomic E-state index is 13.5. The second-order valence-electron chi connectivity index (χ2n) is 8.72. The van der Waals surface area contributed by atoms with Crippen molar-refractivity contribution in [1.29, 1.82) is 0 Å². The van der Waals surface area contributed by atoms with Crippen molar-refractivity contribution in [2.24, 2.45) is 0 Å². The van der Waals surface area contributed by atoms with Crippen LogP contribution in [0, 0.1) is 6.92 Å². The first-order chi connectivity index (χ1) is 16.4. The lowest BCUT2D eigenvalue weighted by Crippen LogP contribution is -2.31. The Bertz CT molecular complexity index is 1420. The van der Waals surface area contributed by atoms with Crippen molar-refractivity contribution in [3.05, 3.63) is 101 Å². The Labute approximate surface area is 198 Å². The average molecular weight is 452 g/mol. The van der Waals surface area contributed by atoms with Gasteiger partial charge in [-0.1, -0.05) is 30.3 Å². The average Bonchev–Trinajstić information content (AvgIpc) is 3.27. The molecule has 170 valence electrons. The smallest absolute Gasteiger partial charge is 0.262 e. The van der Waals surface area contributed by atoms with Gasteiger partial charge in [0.15, 0.2) is 0 Å². The number of imide groups is 1. The van der Waals surface area contributed by atoms with Gasteiger partial charge < -0.3 is 4.90 Å². The van der Waals surface area contributed by atoms with Crippen molar-refractivity contribution in [1.82, 2.24) is 9.47 Å². The summed E-state index contributed by atoms with van der Waals surface area (Å²) in [6.07, 6.45) is 0.458. The molecule has 0 aliphatic carbocycles. The van der Waals surface area contributed by atoms with Gasteiger partial charge in [0.05, 0.1) is 16.6 Å². The topological polar surface area (TPSA) is 62.6 Å². The summed E-state index contributed by atoms with van der Waals surface area (Å²) in [7, 11) is 3.94. The van der Waals surface area contributed by atoms with Crippen LogP contribution in [-0.4, -0.2) is 47.8 Å². The van der Waals surface area contributed by atoms with Crippen LogP contribution < -0.4 is 4.90 Å². The van der Waals surface area contributed by atoms with Crippen molar-refractivity contribution in [2.45, 2.75) is 13.3 Å². The zero-order valence-electron chi connectivity index (χ0n) is 19.4. The fourth-order valence-corrected chi connectivity index (χ4v) is 4.70. The zero-order chi connectivity index (χ0) is 24.0. The summed E-state index contributed by atoms with van der Waals surface area (Å²) in [6.45, 7) is 2.17. The molecule has 0 saturated heterocycles. The van der Waals surface area contributed by atoms with Gasteiger partial charge in [-0.2, -0.15) is 0 Å². The first-order valence-corrected chi connectivity index (χ1v) is 11.2. The predicted octanol–water partition coefficient (Wildman–Crippen LogP) is 4.54. The number of hydrogen-bond donors (Lipinski definition) is 0. The molecular weight excluding hydrogens is 426 g/mol. The molecule has 34 heavy (non-hydrogen) atoms. The maximum Gasteiger partial charge on any atom is 0.262 e. The number of aromatic nitrogens is 1. The van der Waals surface area contributed by atoms with Gasteiger partial charge in [-0.05, 0) is 61.4 Å². The normalized spacial score (nSPS) is 13.0. The fraction of sp³-hybridized carbons (Fsp3) is 0.179. The van der Waals surface area contributed by atoms with Gasteiger partial charge in [-0.3, -0.25) is 23.9 Å². The molecule has 3 aromatic carbocycles. The summed E-state index contributed by atoms with van der Waals surface area (Å²) >= 11 is 0. The molecule has 4 aromatic rings. The van der Waals surface area contributed by atoms with Crippen LogP contribution in [0.2, 0.25) is 0 Å². The van der Waals surface area contributed by atoms with Gasteiger partial charge in [-0.25, -0.2) is 0 Å². The van der Waals surface area contributed by atoms with E-state index in [-0.39, 0.29) is 24.3 Å². The van der Waals surface area contributed by atoms with E-state index in [2.05, 4.69) is 6.07 Å². The second-order valence-corrected chi connectivity index (χ2v) is 8.72. The molecule has 6 heteroatoms. The summed E-state index contributed by atoms with van der Waals surface area (Å²) in [6, 6.07) is 22.1. The minimum Gasteiger partial charge on any atom is -0.378 e. The highest BCUT2D eigenvalue weighted by Crippen LogP contribution is 2.31. The van der Waals surface area contributed by atoms with Crippen molar-refractivity contribution in [3.8, 4) is 0 Å². The van der Waals surface area contributed by atoms with E-state index in [1.54, 1.807) is 41.0 Å². The number of amides is 2. The number of carbonyl (C=O) groups excluding carboxylic acids is 3. The van der Waals surface area contributed by atoms with E-state index in [9.17, 15) is 14.4 Å². The Kier molecular flexibility index (Phi) is 5.28. The first-order valence-electron chi connectivity index (χ1n) is 11.2. The van der Waals surface area contributed by atoms with Gasteiger partial charge in [0.1, 0.15) is 0 Å². The number of nitrogens with zero attached hydrogens (tertiary/aromatic N) is 3. The van der Waals surface area contributed by atoms with E-state index in [0.29, 0.717) is 23.1 Å². The summed E-state index contributed by atoms with van der Waals surface area (Å²) in [5, 5.41) is 0.949. The van der Waals surface area contributed by atoms with Gasteiger partial charge >= 0.3 is 0 Å². The highest BCUT2D eigenvalue weighted by molar-refractivity contribution is 6.21. The molecular formula is C28H25N3O3. The van der Waals surface area contributed by atoms with Crippen LogP contribution in [0.1, 0.15) is 42.3 Å². The molecule has 0 bridgehead atoms. The number of rotatable bonds is 5. The SMILES string of the molecule is Cc1c(CCN2C(=O)c3ccccc3C2=O)c2cc(N(C)C)ccc2n1C(=O)c1ccccc1. The molecule has 5 rings (SSSR count). The number of fused-ring (bicyclic) bond motifs is 2. The van der Waals surface area contributed by atoms with Crippen LogP contribution in [-0.2, 0) is 6.42 Å². The summed E-state index contributed by atoms with van der Waals surface area (Å²) in [5.41, 5.74) is 5.09. The maximum absolute atomic E-state index is 13.5. The van der Waals surface area contributed by atoms with Gasteiger partial charge in [0.25, 0.3) is 17.7 Å². The van der Waals surface area contributed by atoms with Gasteiger partial charge in [-0.15, -0.1) is 0 Å². The third kappa shape index (κ3) is 3.39. The number of hydrogen-bond acceptors (Lipinski definition) is 4. The lowest BCUT2D eigenvalue weighted by atomic mass is 10.1. The second kappa shape index (κ2) is 8.30. The Morgan fingerprint density at radius 2 is 1.47 bits per heavy atom. The van der Waals surface area contributed by atoms with Gasteiger partial charge in [0.2, 0.25) is 0 Å². The minimum atomic E-state index is -0.267. The monoisotopic (exact) mass is 451 g/mol. The first kappa shape index (κ1) is 21.6. The van der Waals surface area contributed by atoms with Crippen molar-refractivity contribution >= 4 is 34.3 Å². The standard InChI is InChI=1S/C28H25N3O3/c1-18-21(15-16-30-27(33)22-11-7-8-12-23(22)28(30)34)24-17-20(29(2)3)13-14-25(24)31(18)26(32)19-9-5-4-6-10-19/h4-14,17H,15-16H2,1-3H3. The predicted molar refractivity (Wildman–Crippen MR) is 133 cm³/mol. The van der Waals surface area contributed by atoms with Crippen molar-refractivity contribution in [2.75, 3.05) is 25.5 Å². The van der Waals surface area contributed by atoms with Crippen LogP contribution in [0.15, 0.2) is 72.8 Å². The van der Waals surface area contributed by atoms with E-state index in [0.717, 1.165) is 27.8 Å². The molecule has 0 saturated carbocycles. The molecule has 6 nitrogen and oxygen atoms in total. The van der Waals surface area contributed by atoms with Crippen molar-refractivity contribution < 1.29 is 14.4 Å². The summed E-state index contributed by atoms with van der Waals surface area (Å²) < 4.78 is 1.74. The molecule has 0 N–H and O–H groups in total. The van der Waals surface area contributed by atoms with E-state index in [1.165, 1.54) is 4.90 Å². The highest BCUT2D eigenvalue weighted by atomic mass is 16.2. The quantitative estimate of drug-likeness (QED) is 0.418. The third-order valence-electron chi connectivity index (χ3n) is 6.52. The highest BCUT2D eigenvalue weighted by Gasteiger charge is 2.35. The number of benzene rings is 3. The van der Waals surface area contributed by atoms with E-state index in [4.69, 9.17) is 0 Å². The van der Waals surface area contributed by atoms with E-state index >= 15 is 0 Å². The zero-order valence-corrected chi connectivity index (χ0v) is 19.4. The molecule has 0 unspecified atom stereocenters. The Morgan fingerprint density at radius 3 is 2.09 bits per heavy atom. The molecule has 2 amide bonds. The molecule has 1 aromatic heterocycles. The minimum absolute atomic E-state index is 0.104. The Hall–Kier alpha value is -4.19. The van der Waals surface area contributed by atoms with Crippen LogP contribution >= 0.6 is 0 Å². The van der Waals surface area contributed by atoms with Crippen LogP contribution in [0.5, 0.6) is 0 Å². The fourth-order valence-electron chi connectivity index (χ4n) is 4.70. The molecule has 1 aliphatic rings. The molecule has 0 fully saturated rings. The number of anilines is 1. The van der Waals surface area contributed by atoms with Crippen molar-refractivity contribution in [3.63, 3.8) is 0 Å². The molecule has 0 radical (unpaired) electrons. The Balaban J connectivity index is 1.56. The molecule has 0 atom stereocenters. The molecule has 0 spiro atoms. The van der Waals surface area contributed by atoms with Crippen LogP contribution in [0.4, 0.5) is 5.69 Å².